The number of halogens is 2. The van der Waals surface area contributed by atoms with Gasteiger partial charge in [-0.25, -0.2) is 9.82 Å². The highest BCUT2D eigenvalue weighted by molar-refractivity contribution is 9.10. The summed E-state index contributed by atoms with van der Waals surface area (Å²) in [6.45, 7) is 0. The van der Waals surface area contributed by atoms with Gasteiger partial charge in [0, 0.05) is 10.7 Å². The third-order valence-electron chi connectivity index (χ3n) is 2.44. The molecule has 17 heavy (non-hydrogen) atoms. The Morgan fingerprint density at radius 1 is 1.29 bits per heavy atom. The van der Waals surface area contributed by atoms with Crippen LogP contribution in [0.15, 0.2) is 47.2 Å². The van der Waals surface area contributed by atoms with E-state index >= 15 is 0 Å². The number of nitrogens with two attached hydrogens (primary N) is 1. The molecule has 0 saturated heterocycles. The molecule has 1 unspecified atom stereocenters. The summed E-state index contributed by atoms with van der Waals surface area (Å²) in [5.74, 6) is 5.15. The maximum atomic E-state index is 13.1. The average molecular weight is 296 g/mol. The number of hydrogen-bond donors (Lipinski definition) is 2. The maximum absolute atomic E-state index is 13.1. The lowest BCUT2D eigenvalue weighted by Crippen LogP contribution is -2.29. The Labute approximate surface area is 107 Å². The topological polar surface area (TPSA) is 50.9 Å². The smallest absolute Gasteiger partial charge is 0.141 e. The number of nitrogens with one attached hydrogen (secondary N) is 1. The van der Waals surface area contributed by atoms with E-state index < -0.39 is 0 Å². The van der Waals surface area contributed by atoms with Gasteiger partial charge in [-0.1, -0.05) is 34.1 Å². The first-order valence-corrected chi connectivity index (χ1v) is 5.82. The van der Waals surface area contributed by atoms with Crippen molar-refractivity contribution in [3.63, 3.8) is 0 Å². The van der Waals surface area contributed by atoms with Crippen LogP contribution in [0.1, 0.15) is 17.2 Å². The molecule has 0 radical (unpaired) electrons. The van der Waals surface area contributed by atoms with Crippen LogP contribution in [0, 0.1) is 5.82 Å². The molecular formula is C12H11BrFN3. The van der Waals surface area contributed by atoms with Crippen molar-refractivity contribution >= 4 is 15.9 Å². The van der Waals surface area contributed by atoms with Crippen LogP contribution in [0.5, 0.6) is 0 Å². The first-order chi connectivity index (χ1) is 8.22. The van der Waals surface area contributed by atoms with Gasteiger partial charge in [-0.3, -0.25) is 10.8 Å². The normalized spacial score (nSPS) is 12.4. The van der Waals surface area contributed by atoms with Crippen molar-refractivity contribution in [3.8, 4) is 0 Å². The predicted molar refractivity (Wildman–Crippen MR) is 67.5 cm³/mol. The van der Waals surface area contributed by atoms with Crippen molar-refractivity contribution in [1.82, 2.24) is 10.4 Å². The number of benzene rings is 1. The van der Waals surface area contributed by atoms with Crippen LogP contribution in [-0.2, 0) is 0 Å². The first kappa shape index (κ1) is 12.2. The maximum Gasteiger partial charge on any atom is 0.141 e. The lowest BCUT2D eigenvalue weighted by molar-refractivity contribution is 0.597. The number of aromatic nitrogens is 1. The standard InChI is InChI=1S/C12H11BrFN3/c13-11-4-2-1-3-10(11)12(17-15)8-5-9(14)7-16-6-8/h1-7,12,17H,15H2. The van der Waals surface area contributed by atoms with Gasteiger partial charge in [-0.2, -0.15) is 0 Å². The van der Waals surface area contributed by atoms with Gasteiger partial charge in [0.15, 0.2) is 0 Å². The Morgan fingerprint density at radius 2 is 2.06 bits per heavy atom. The zero-order valence-corrected chi connectivity index (χ0v) is 10.5. The summed E-state index contributed by atoms with van der Waals surface area (Å²) in [6.07, 6.45) is 2.75. The minimum atomic E-state index is -0.380. The molecule has 5 heteroatoms. The minimum absolute atomic E-state index is 0.297. The lowest BCUT2D eigenvalue weighted by atomic mass is 10.0. The minimum Gasteiger partial charge on any atom is -0.271 e. The van der Waals surface area contributed by atoms with Crippen LogP contribution in [0.2, 0.25) is 0 Å². The molecular weight excluding hydrogens is 285 g/mol. The van der Waals surface area contributed by atoms with E-state index in [9.17, 15) is 4.39 Å². The van der Waals surface area contributed by atoms with Gasteiger partial charge in [0.2, 0.25) is 0 Å². The zero-order valence-electron chi connectivity index (χ0n) is 8.90. The molecule has 0 aliphatic rings. The summed E-state index contributed by atoms with van der Waals surface area (Å²) in [6, 6.07) is 8.75. The van der Waals surface area contributed by atoms with Gasteiger partial charge in [-0.05, 0) is 23.3 Å². The van der Waals surface area contributed by atoms with Crippen molar-refractivity contribution in [2.45, 2.75) is 6.04 Å². The van der Waals surface area contributed by atoms with Crippen molar-refractivity contribution in [1.29, 1.82) is 0 Å². The Balaban J connectivity index is 2.44. The van der Waals surface area contributed by atoms with Crippen LogP contribution in [0.3, 0.4) is 0 Å². The Bertz CT molecular complexity index is 519. The summed E-state index contributed by atoms with van der Waals surface area (Å²) < 4.78 is 14.0. The number of hydrazine groups is 1. The summed E-state index contributed by atoms with van der Waals surface area (Å²) >= 11 is 3.44. The quantitative estimate of drug-likeness (QED) is 0.676. The van der Waals surface area contributed by atoms with E-state index in [4.69, 9.17) is 5.84 Å². The predicted octanol–water partition coefficient (Wildman–Crippen LogP) is 2.54. The molecule has 0 aliphatic carbocycles. The molecule has 0 amide bonds. The highest BCUT2D eigenvalue weighted by Gasteiger charge is 2.15. The van der Waals surface area contributed by atoms with Crippen molar-refractivity contribution in [2.75, 3.05) is 0 Å². The molecule has 0 bridgehead atoms. The largest absolute Gasteiger partial charge is 0.271 e. The highest BCUT2D eigenvalue weighted by Crippen LogP contribution is 2.27. The van der Waals surface area contributed by atoms with Gasteiger partial charge in [0.25, 0.3) is 0 Å². The van der Waals surface area contributed by atoms with E-state index in [2.05, 4.69) is 26.3 Å². The van der Waals surface area contributed by atoms with Gasteiger partial charge in [-0.15, -0.1) is 0 Å². The Morgan fingerprint density at radius 3 is 2.71 bits per heavy atom. The molecule has 2 rings (SSSR count). The second-order valence-electron chi connectivity index (χ2n) is 3.56. The van der Waals surface area contributed by atoms with Gasteiger partial charge in [0.1, 0.15) is 5.82 Å². The molecule has 1 heterocycles. The van der Waals surface area contributed by atoms with Crippen molar-refractivity contribution in [3.05, 3.63) is 64.1 Å². The molecule has 0 fully saturated rings. The lowest BCUT2D eigenvalue weighted by Gasteiger charge is -2.17. The van der Waals surface area contributed by atoms with Crippen LogP contribution < -0.4 is 11.3 Å². The molecule has 1 atom stereocenters. The molecule has 2 aromatic rings. The monoisotopic (exact) mass is 295 g/mol. The first-order valence-electron chi connectivity index (χ1n) is 5.03. The zero-order chi connectivity index (χ0) is 12.3. The van der Waals surface area contributed by atoms with E-state index in [0.29, 0.717) is 5.56 Å². The molecule has 0 saturated carbocycles. The van der Waals surface area contributed by atoms with Gasteiger partial charge >= 0.3 is 0 Å². The van der Waals surface area contributed by atoms with E-state index in [1.165, 1.54) is 6.07 Å². The van der Waals surface area contributed by atoms with Crippen LogP contribution in [-0.4, -0.2) is 4.98 Å². The SMILES string of the molecule is NNC(c1cncc(F)c1)c1ccccc1Br. The fourth-order valence-electron chi connectivity index (χ4n) is 1.66. The van der Waals surface area contributed by atoms with E-state index in [0.717, 1.165) is 16.2 Å². The number of nitrogens with zero attached hydrogens (tertiary/aromatic N) is 1. The Kier molecular flexibility index (Phi) is 3.83. The number of hydrogen-bond acceptors (Lipinski definition) is 3. The summed E-state index contributed by atoms with van der Waals surface area (Å²) in [4.78, 5) is 3.82. The van der Waals surface area contributed by atoms with Gasteiger partial charge < -0.3 is 0 Å². The van der Waals surface area contributed by atoms with Crippen molar-refractivity contribution < 1.29 is 4.39 Å². The van der Waals surface area contributed by atoms with E-state index in [1.807, 2.05) is 24.3 Å². The molecule has 1 aromatic heterocycles. The average Bonchev–Trinajstić information content (AvgIpc) is 2.33. The second kappa shape index (κ2) is 5.35. The molecule has 3 N–H and O–H groups in total. The Hall–Kier alpha value is -1.30. The van der Waals surface area contributed by atoms with E-state index in [-0.39, 0.29) is 11.9 Å². The third-order valence-corrected chi connectivity index (χ3v) is 3.16. The van der Waals surface area contributed by atoms with Crippen LogP contribution in [0.25, 0.3) is 0 Å². The van der Waals surface area contributed by atoms with Crippen molar-refractivity contribution in [2.24, 2.45) is 5.84 Å². The molecule has 0 spiro atoms. The highest BCUT2D eigenvalue weighted by atomic mass is 79.9. The molecule has 3 nitrogen and oxygen atoms in total. The molecule has 88 valence electrons. The molecule has 0 aliphatic heterocycles. The van der Waals surface area contributed by atoms with Crippen LogP contribution >= 0.6 is 15.9 Å². The number of rotatable bonds is 3. The molecule has 1 aromatic carbocycles. The fourth-order valence-corrected chi connectivity index (χ4v) is 2.17. The fraction of sp³-hybridized carbons (Fsp3) is 0.0833. The summed E-state index contributed by atoms with van der Waals surface area (Å²) in [5.41, 5.74) is 4.28. The van der Waals surface area contributed by atoms with E-state index in [1.54, 1.807) is 6.20 Å². The third kappa shape index (κ3) is 2.69. The second-order valence-corrected chi connectivity index (χ2v) is 4.41. The van der Waals surface area contributed by atoms with Crippen LogP contribution in [0.4, 0.5) is 4.39 Å². The van der Waals surface area contributed by atoms with Gasteiger partial charge in [0.05, 0.1) is 12.2 Å². The summed E-state index contributed by atoms with van der Waals surface area (Å²) in [7, 11) is 0. The number of pyridine rings is 1. The summed E-state index contributed by atoms with van der Waals surface area (Å²) in [5, 5.41) is 0.